The van der Waals surface area contributed by atoms with E-state index in [-0.39, 0.29) is 11.4 Å². The molecule has 0 radical (unpaired) electrons. The summed E-state index contributed by atoms with van der Waals surface area (Å²) >= 11 is 0. The van der Waals surface area contributed by atoms with E-state index in [0.717, 1.165) is 6.42 Å². The topological polar surface area (TPSA) is 42.0 Å². The Morgan fingerprint density at radius 2 is 2.19 bits per heavy atom. The van der Waals surface area contributed by atoms with Crippen molar-refractivity contribution in [2.24, 2.45) is 0 Å². The summed E-state index contributed by atoms with van der Waals surface area (Å²) < 4.78 is 13.6. The van der Waals surface area contributed by atoms with E-state index in [4.69, 9.17) is 0 Å². The summed E-state index contributed by atoms with van der Waals surface area (Å²) in [5.41, 5.74) is -0.888. The Kier molecular flexibility index (Phi) is 1.85. The molecule has 0 aromatic carbocycles. The second kappa shape index (κ2) is 3.03. The summed E-state index contributed by atoms with van der Waals surface area (Å²) in [6.07, 6.45) is 3.86. The molecule has 1 N–H and O–H groups in total. The van der Waals surface area contributed by atoms with Gasteiger partial charge in [-0.15, -0.1) is 0 Å². The highest BCUT2D eigenvalue weighted by atomic mass is 19.1. The third-order valence-electron chi connectivity index (χ3n) is 3.64. The fourth-order valence-corrected chi connectivity index (χ4v) is 2.93. The van der Waals surface area contributed by atoms with E-state index in [9.17, 15) is 9.18 Å². The zero-order valence-corrected chi connectivity index (χ0v) is 8.87. The molecule has 0 aliphatic heterocycles. The van der Waals surface area contributed by atoms with Crippen molar-refractivity contribution < 1.29 is 9.18 Å². The van der Waals surface area contributed by atoms with Crippen LogP contribution in [0, 0.1) is 0 Å². The van der Waals surface area contributed by atoms with E-state index < -0.39 is 5.67 Å². The molecule has 3 nitrogen and oxygen atoms in total. The molecular weight excluding hydrogens is 207 g/mol. The van der Waals surface area contributed by atoms with Crippen LogP contribution in [0.5, 0.6) is 0 Å². The lowest BCUT2D eigenvalue weighted by Gasteiger charge is -2.42. The van der Waals surface area contributed by atoms with Gasteiger partial charge >= 0.3 is 0 Å². The Balaban J connectivity index is 1.71. The fraction of sp³-hybridized carbons (Fsp3) is 0.500. The van der Waals surface area contributed by atoms with E-state index in [1.54, 1.807) is 24.4 Å². The highest BCUT2D eigenvalue weighted by molar-refractivity contribution is 5.92. The lowest BCUT2D eigenvalue weighted by molar-refractivity contribution is 0.0347. The molecule has 3 saturated carbocycles. The summed E-state index contributed by atoms with van der Waals surface area (Å²) in [4.78, 5) is 15.8. The van der Waals surface area contributed by atoms with Crippen LogP contribution in [-0.2, 0) is 0 Å². The fourth-order valence-electron chi connectivity index (χ4n) is 2.93. The first-order valence-corrected chi connectivity index (χ1v) is 5.53. The van der Waals surface area contributed by atoms with Crippen LogP contribution in [0.2, 0.25) is 0 Å². The molecule has 1 amide bonds. The number of carbonyl (C=O) groups excluding carboxylic acids is 1. The van der Waals surface area contributed by atoms with Crippen molar-refractivity contribution in [1.82, 2.24) is 10.3 Å². The van der Waals surface area contributed by atoms with Gasteiger partial charge in [-0.05, 0) is 25.0 Å². The van der Waals surface area contributed by atoms with Crippen molar-refractivity contribution in [2.45, 2.75) is 36.9 Å². The number of amides is 1. The van der Waals surface area contributed by atoms with Crippen LogP contribution in [0.4, 0.5) is 4.39 Å². The normalized spacial score (nSPS) is 35.6. The number of hydrogen-bond acceptors (Lipinski definition) is 2. The van der Waals surface area contributed by atoms with Crippen LogP contribution >= 0.6 is 0 Å². The van der Waals surface area contributed by atoms with Crippen molar-refractivity contribution in [3.8, 4) is 0 Å². The third kappa shape index (κ3) is 1.40. The van der Waals surface area contributed by atoms with Gasteiger partial charge in [0.2, 0.25) is 0 Å². The summed E-state index contributed by atoms with van der Waals surface area (Å²) in [5, 5.41) is 2.92. The number of fused-ring (bicyclic) bond motifs is 1. The third-order valence-corrected chi connectivity index (χ3v) is 3.64. The van der Waals surface area contributed by atoms with Crippen molar-refractivity contribution in [3.63, 3.8) is 0 Å². The molecule has 2 bridgehead atoms. The van der Waals surface area contributed by atoms with E-state index in [0.29, 0.717) is 25.0 Å². The highest BCUT2D eigenvalue weighted by Gasteiger charge is 2.62. The average Bonchev–Trinajstić information content (AvgIpc) is 2.72. The average molecular weight is 220 g/mol. The first-order chi connectivity index (χ1) is 7.61. The van der Waals surface area contributed by atoms with Gasteiger partial charge in [0, 0.05) is 24.6 Å². The Hall–Kier alpha value is -1.45. The van der Waals surface area contributed by atoms with Gasteiger partial charge in [-0.1, -0.05) is 6.07 Å². The van der Waals surface area contributed by atoms with Crippen molar-refractivity contribution in [1.29, 1.82) is 0 Å². The van der Waals surface area contributed by atoms with E-state index in [2.05, 4.69) is 10.3 Å². The van der Waals surface area contributed by atoms with Gasteiger partial charge in [-0.25, -0.2) is 4.39 Å². The van der Waals surface area contributed by atoms with Crippen molar-refractivity contribution in [3.05, 3.63) is 30.1 Å². The molecule has 16 heavy (non-hydrogen) atoms. The molecule has 1 aromatic rings. The van der Waals surface area contributed by atoms with Gasteiger partial charge in [-0.3, -0.25) is 9.78 Å². The number of hydrogen-bond donors (Lipinski definition) is 1. The molecule has 84 valence electrons. The van der Waals surface area contributed by atoms with Crippen LogP contribution in [0.3, 0.4) is 0 Å². The molecule has 3 aliphatic carbocycles. The predicted molar refractivity (Wildman–Crippen MR) is 56.7 cm³/mol. The summed E-state index contributed by atoms with van der Waals surface area (Å²) in [6.45, 7) is 0. The lowest BCUT2D eigenvalue weighted by atomic mass is 9.75. The number of nitrogens with zero attached hydrogens (tertiary/aromatic N) is 1. The quantitative estimate of drug-likeness (QED) is 0.826. The van der Waals surface area contributed by atoms with Gasteiger partial charge in [0.15, 0.2) is 0 Å². The molecule has 4 rings (SSSR count). The molecule has 3 aliphatic rings. The van der Waals surface area contributed by atoms with Crippen molar-refractivity contribution >= 4 is 5.91 Å². The molecule has 0 saturated heterocycles. The van der Waals surface area contributed by atoms with Gasteiger partial charge in [-0.2, -0.15) is 0 Å². The first kappa shape index (κ1) is 9.75. The molecule has 1 heterocycles. The maximum atomic E-state index is 13.6. The number of nitrogens with one attached hydrogen (secondary N) is 1. The Morgan fingerprint density at radius 3 is 2.75 bits per heavy atom. The number of aromatic nitrogens is 1. The summed E-state index contributed by atoms with van der Waals surface area (Å²) in [7, 11) is 0. The SMILES string of the molecule is O=C(NC12CCC(F)(C1)C2)c1ccccn1. The number of carbonyl (C=O) groups is 1. The molecule has 0 spiro atoms. The first-order valence-electron chi connectivity index (χ1n) is 5.53. The number of rotatable bonds is 2. The Bertz CT molecular complexity index is 426. The minimum absolute atomic E-state index is 0.190. The van der Waals surface area contributed by atoms with Crippen LogP contribution in [-0.4, -0.2) is 22.1 Å². The van der Waals surface area contributed by atoms with Crippen LogP contribution in [0.1, 0.15) is 36.2 Å². The second-order valence-corrected chi connectivity index (χ2v) is 4.95. The zero-order chi connectivity index (χ0) is 11.2. The Morgan fingerprint density at radius 1 is 1.38 bits per heavy atom. The van der Waals surface area contributed by atoms with Gasteiger partial charge in [0.25, 0.3) is 5.91 Å². The minimum Gasteiger partial charge on any atom is -0.345 e. The Labute approximate surface area is 93.1 Å². The smallest absolute Gasteiger partial charge is 0.270 e. The molecule has 0 atom stereocenters. The zero-order valence-electron chi connectivity index (χ0n) is 8.87. The molecule has 0 unspecified atom stereocenters. The number of pyridine rings is 1. The predicted octanol–water partition coefficient (Wildman–Crippen LogP) is 1.85. The maximum Gasteiger partial charge on any atom is 0.270 e. The standard InChI is InChI=1S/C12H13FN2O/c13-11-4-5-12(7-11,8-11)15-10(16)9-3-1-2-6-14-9/h1-3,6H,4-5,7-8H2,(H,15,16). The second-order valence-electron chi connectivity index (χ2n) is 4.95. The van der Waals surface area contributed by atoms with Crippen LogP contribution < -0.4 is 5.32 Å². The highest BCUT2D eigenvalue weighted by Crippen LogP contribution is 2.57. The number of alkyl halides is 1. The number of halogens is 1. The molecular formula is C12H13FN2O. The largest absolute Gasteiger partial charge is 0.345 e. The van der Waals surface area contributed by atoms with Gasteiger partial charge in [0.05, 0.1) is 0 Å². The minimum atomic E-state index is -1.00. The summed E-state index contributed by atoms with van der Waals surface area (Å²) in [6, 6.07) is 5.21. The van der Waals surface area contributed by atoms with Crippen LogP contribution in [0.15, 0.2) is 24.4 Å². The van der Waals surface area contributed by atoms with E-state index in [1.807, 2.05) is 0 Å². The monoisotopic (exact) mass is 220 g/mol. The van der Waals surface area contributed by atoms with E-state index in [1.165, 1.54) is 0 Å². The maximum absolute atomic E-state index is 13.6. The molecule has 1 aromatic heterocycles. The molecule has 4 heteroatoms. The van der Waals surface area contributed by atoms with Gasteiger partial charge < -0.3 is 5.32 Å². The van der Waals surface area contributed by atoms with Crippen LogP contribution in [0.25, 0.3) is 0 Å². The summed E-state index contributed by atoms with van der Waals surface area (Å²) in [5.74, 6) is -0.190. The lowest BCUT2D eigenvalue weighted by Crippen LogP contribution is -2.57. The van der Waals surface area contributed by atoms with Crippen molar-refractivity contribution in [2.75, 3.05) is 0 Å². The molecule has 3 fully saturated rings. The van der Waals surface area contributed by atoms with Gasteiger partial charge in [0.1, 0.15) is 11.4 Å². The van der Waals surface area contributed by atoms with E-state index >= 15 is 0 Å².